The van der Waals surface area contributed by atoms with Crippen molar-refractivity contribution in [3.05, 3.63) is 0 Å². The average molecular weight is 844 g/mol. The van der Waals surface area contributed by atoms with Crippen molar-refractivity contribution < 1.29 is 143 Å². The monoisotopic (exact) mass is 844 g/mol. The third-order valence-electron chi connectivity index (χ3n) is 5.98. The zero-order valence-electron chi connectivity index (χ0n) is 24.0. The zero-order chi connectivity index (χ0) is 43.2. The summed E-state index contributed by atoms with van der Waals surface area (Å²) >= 11 is 0. The van der Waals surface area contributed by atoms with Crippen LogP contribution in [0, 0.1) is 0 Å². The van der Waals surface area contributed by atoms with Gasteiger partial charge in [-0.25, -0.2) is 9.59 Å². The quantitative estimate of drug-likeness (QED) is 0.129. The van der Waals surface area contributed by atoms with Crippen LogP contribution in [0.4, 0.5) is 114 Å². The highest BCUT2D eigenvalue weighted by Crippen LogP contribution is 2.64. The molecule has 0 bridgehead atoms. The molecule has 6 nitrogen and oxygen atoms in total. The van der Waals surface area contributed by atoms with Gasteiger partial charge in [-0.2, -0.15) is 114 Å². The van der Waals surface area contributed by atoms with Gasteiger partial charge in [-0.3, -0.25) is 0 Å². The van der Waals surface area contributed by atoms with Crippen LogP contribution in [0.5, 0.6) is 0 Å². The maximum absolute atomic E-state index is 13.4. The van der Waals surface area contributed by atoms with E-state index in [4.69, 9.17) is 10.2 Å². The SMILES string of the molecule is COC(=O)C(F)(F)C(F)(F)C(F)(F)C(F)(F)C(F)(F)C(F)(F)C(F)(F)C(F)(F)C(=O)OC.OCCC(F)(F)C(F)(F)C(F)(F)C(F)(F)C(F)(F)CO. The molecule has 0 aromatic rings. The van der Waals surface area contributed by atoms with Gasteiger partial charge in [0.15, 0.2) is 0 Å². The number of ether oxygens (including phenoxy) is 2. The Balaban J connectivity index is 0. The van der Waals surface area contributed by atoms with E-state index in [0.717, 1.165) is 0 Å². The number of hydrogen-bond donors (Lipinski definition) is 2. The molecule has 0 saturated heterocycles. The predicted molar refractivity (Wildman–Crippen MR) is 107 cm³/mol. The van der Waals surface area contributed by atoms with E-state index >= 15 is 0 Å². The van der Waals surface area contributed by atoms with Crippen molar-refractivity contribution in [1.82, 2.24) is 0 Å². The molecule has 52 heavy (non-hydrogen) atoms. The molecule has 0 aromatic heterocycles. The highest BCUT2D eigenvalue weighted by Gasteiger charge is 2.96. The molecule has 0 aliphatic heterocycles. The minimum atomic E-state index is -8.71. The fraction of sp³-hybridized carbons (Fsp3) is 0.900. The number of carbonyl (C=O) groups excluding carboxylic acids is 2. The van der Waals surface area contributed by atoms with Crippen LogP contribution in [0.2, 0.25) is 0 Å². The number of hydrogen-bond acceptors (Lipinski definition) is 6. The molecular formula is C20H14F26O6. The minimum absolute atomic E-state index is 0.235. The van der Waals surface area contributed by atoms with E-state index in [1.807, 2.05) is 0 Å². The summed E-state index contributed by atoms with van der Waals surface area (Å²) in [5.41, 5.74) is 0. The van der Waals surface area contributed by atoms with Crippen LogP contribution in [0.3, 0.4) is 0 Å². The summed E-state index contributed by atoms with van der Waals surface area (Å²) in [5.74, 6) is -105. The maximum atomic E-state index is 13.4. The second kappa shape index (κ2) is 14.4. The summed E-state index contributed by atoms with van der Waals surface area (Å²) in [5, 5.41) is 15.8. The second-order valence-electron chi connectivity index (χ2n) is 9.34. The third-order valence-corrected chi connectivity index (χ3v) is 5.98. The molecule has 312 valence electrons. The molecule has 32 heteroatoms. The maximum Gasteiger partial charge on any atom is 0.410 e. The van der Waals surface area contributed by atoms with E-state index in [-0.39, 0.29) is 14.2 Å². The highest BCUT2D eigenvalue weighted by molar-refractivity contribution is 5.79. The summed E-state index contributed by atoms with van der Waals surface area (Å²) in [7, 11) is -0.471. The fourth-order valence-corrected chi connectivity index (χ4v) is 2.75. The molecule has 0 saturated carbocycles. The lowest BCUT2D eigenvalue weighted by molar-refractivity contribution is -0.449. The topological polar surface area (TPSA) is 93.1 Å². The Morgan fingerprint density at radius 2 is 0.596 bits per heavy atom. The van der Waals surface area contributed by atoms with E-state index in [1.165, 1.54) is 0 Å². The van der Waals surface area contributed by atoms with Crippen LogP contribution in [0.15, 0.2) is 0 Å². The number of aliphatic hydroxyl groups excluding tert-OH is 2. The van der Waals surface area contributed by atoms with Gasteiger partial charge in [0.2, 0.25) is 0 Å². The van der Waals surface area contributed by atoms with Gasteiger partial charge in [0.1, 0.15) is 6.61 Å². The standard InChI is InChI=1S/C12H6F16O4.C8H8F10O2/c1-31-3(29)5(13,14)7(17,18)9(21,22)11(25,26)12(27,28)10(23,24)8(19,20)6(15,16)4(30)32-2;9-4(10,1-2-19)6(13,14)8(17,18)7(15,16)5(11,12)3-20/h1-2H3;19-20H,1-3H2. The lowest BCUT2D eigenvalue weighted by Gasteiger charge is -2.42. The Kier molecular flexibility index (Phi) is 14.1. The van der Waals surface area contributed by atoms with Crippen LogP contribution in [-0.2, 0) is 19.1 Å². The molecule has 0 radical (unpaired) electrons. The van der Waals surface area contributed by atoms with Gasteiger partial charge in [-0.1, -0.05) is 0 Å². The van der Waals surface area contributed by atoms with E-state index in [1.54, 1.807) is 0 Å². The average Bonchev–Trinajstić information content (AvgIpc) is 2.98. The van der Waals surface area contributed by atoms with Crippen LogP contribution < -0.4 is 0 Å². The normalized spacial score (nSPS) is 15.5. The number of carbonyl (C=O) groups is 2. The highest BCUT2D eigenvalue weighted by atomic mass is 19.4. The zero-order valence-corrected chi connectivity index (χ0v) is 24.0. The van der Waals surface area contributed by atoms with E-state index in [0.29, 0.717) is 0 Å². The molecule has 0 heterocycles. The molecule has 0 spiro atoms. The van der Waals surface area contributed by atoms with E-state index in [9.17, 15) is 124 Å². The largest absolute Gasteiger partial charge is 0.464 e. The molecule has 0 aliphatic carbocycles. The van der Waals surface area contributed by atoms with Crippen LogP contribution in [0.25, 0.3) is 0 Å². The number of alkyl halides is 26. The lowest BCUT2D eigenvalue weighted by Crippen LogP contribution is -2.75. The number of rotatable bonds is 16. The first-order valence-corrected chi connectivity index (χ1v) is 11.6. The van der Waals surface area contributed by atoms with Crippen molar-refractivity contribution in [1.29, 1.82) is 0 Å². The van der Waals surface area contributed by atoms with Crippen molar-refractivity contribution in [3.8, 4) is 0 Å². The molecule has 0 rings (SSSR count). The fourth-order valence-electron chi connectivity index (χ4n) is 2.75. The first-order chi connectivity index (χ1) is 22.3. The summed E-state index contributed by atoms with van der Waals surface area (Å²) in [6.07, 6.45) is -2.35. The van der Waals surface area contributed by atoms with Crippen molar-refractivity contribution >= 4 is 11.9 Å². The molecular weight excluding hydrogens is 830 g/mol. The van der Waals surface area contributed by atoms with Crippen LogP contribution in [-0.4, -0.2) is 127 Å². The van der Waals surface area contributed by atoms with E-state index in [2.05, 4.69) is 9.47 Å². The van der Waals surface area contributed by atoms with Crippen molar-refractivity contribution in [2.24, 2.45) is 0 Å². The Labute approximate surface area is 267 Å². The summed E-state index contributed by atoms with van der Waals surface area (Å²) in [6.45, 7) is -4.74. The number of aliphatic hydroxyl groups is 2. The van der Waals surface area contributed by atoms with Crippen LogP contribution >= 0.6 is 0 Å². The summed E-state index contributed by atoms with van der Waals surface area (Å²) in [6, 6.07) is 0. The molecule has 0 aliphatic rings. The first-order valence-electron chi connectivity index (χ1n) is 11.6. The van der Waals surface area contributed by atoms with Gasteiger partial charge in [-0.15, -0.1) is 0 Å². The van der Waals surface area contributed by atoms with Gasteiger partial charge < -0.3 is 19.7 Å². The Morgan fingerprint density at radius 1 is 0.385 bits per heavy atom. The summed E-state index contributed by atoms with van der Waals surface area (Å²) in [4.78, 5) is 20.9. The lowest BCUT2D eigenvalue weighted by atomic mass is 9.87. The van der Waals surface area contributed by atoms with Gasteiger partial charge in [0, 0.05) is 13.0 Å². The van der Waals surface area contributed by atoms with Gasteiger partial charge in [0.25, 0.3) is 0 Å². The predicted octanol–water partition coefficient (Wildman–Crippen LogP) is 6.95. The first kappa shape index (κ1) is 51.1. The van der Waals surface area contributed by atoms with Crippen molar-refractivity contribution in [2.75, 3.05) is 27.4 Å². The minimum Gasteiger partial charge on any atom is -0.464 e. The number of methoxy groups -OCH3 is 2. The molecule has 0 unspecified atom stereocenters. The van der Waals surface area contributed by atoms with Gasteiger partial charge >= 0.3 is 88.9 Å². The number of esters is 2. The molecule has 0 aromatic carbocycles. The van der Waals surface area contributed by atoms with Gasteiger partial charge in [-0.05, 0) is 0 Å². The van der Waals surface area contributed by atoms with Gasteiger partial charge in [0.05, 0.1) is 14.2 Å². The van der Waals surface area contributed by atoms with Crippen molar-refractivity contribution in [2.45, 2.75) is 83.4 Å². The molecule has 2 N–H and O–H groups in total. The summed E-state index contributed by atoms with van der Waals surface area (Å²) < 4.78 is 345. The number of halogens is 26. The third kappa shape index (κ3) is 7.04. The molecule has 0 amide bonds. The Morgan fingerprint density at radius 3 is 0.808 bits per heavy atom. The Hall–Kier alpha value is -2.96. The molecule has 0 atom stereocenters. The van der Waals surface area contributed by atoms with Crippen LogP contribution in [0.1, 0.15) is 6.42 Å². The second-order valence-corrected chi connectivity index (χ2v) is 9.34. The smallest absolute Gasteiger partial charge is 0.410 e. The molecule has 0 fully saturated rings. The van der Waals surface area contributed by atoms with Crippen molar-refractivity contribution in [3.63, 3.8) is 0 Å². The van der Waals surface area contributed by atoms with E-state index < -0.39 is 109 Å². The Bertz CT molecular complexity index is 1200.